The van der Waals surface area contributed by atoms with Crippen molar-refractivity contribution in [1.82, 2.24) is 0 Å². The summed E-state index contributed by atoms with van der Waals surface area (Å²) < 4.78 is 0. The van der Waals surface area contributed by atoms with Gasteiger partial charge in [-0.05, 0) is 15.6 Å². The molecular formula is C29H37Cl2OSi3Ti-. The van der Waals surface area contributed by atoms with Crippen LogP contribution in [0.5, 0.6) is 0 Å². The number of halogens is 2. The molecule has 7 heteroatoms. The Labute approximate surface area is 238 Å². The van der Waals surface area contributed by atoms with Crippen molar-refractivity contribution in [1.29, 1.82) is 0 Å². The normalized spacial score (nSPS) is 13.4. The molecule has 1 N–H and O–H groups in total. The summed E-state index contributed by atoms with van der Waals surface area (Å²) >= 11 is -0.556. The van der Waals surface area contributed by atoms with Crippen LogP contribution in [0.15, 0.2) is 107 Å². The van der Waals surface area contributed by atoms with Gasteiger partial charge in [-0.3, -0.25) is 6.08 Å². The van der Waals surface area contributed by atoms with Crippen molar-refractivity contribution in [2.45, 2.75) is 45.7 Å². The molecule has 4 rings (SSSR count). The Hall–Kier alpha value is -0.955. The zero-order chi connectivity index (χ0) is 26.8. The number of hydrogen-bond donors (Lipinski definition) is 1. The van der Waals surface area contributed by atoms with Crippen LogP contribution in [0.25, 0.3) is 0 Å². The zero-order valence-corrected chi connectivity index (χ0v) is 28.2. The topological polar surface area (TPSA) is 20.2 Å². The van der Waals surface area contributed by atoms with Crippen LogP contribution in [0.1, 0.15) is 6.42 Å². The predicted molar refractivity (Wildman–Crippen MR) is 164 cm³/mol. The van der Waals surface area contributed by atoms with E-state index in [2.05, 4.69) is 51.4 Å². The van der Waals surface area contributed by atoms with Gasteiger partial charge >= 0.3 is 35.6 Å². The summed E-state index contributed by atoms with van der Waals surface area (Å²) in [6, 6.07) is 30.0. The van der Waals surface area contributed by atoms with Gasteiger partial charge in [-0.1, -0.05) is 130 Å². The summed E-state index contributed by atoms with van der Waals surface area (Å²) in [6.07, 6.45) is 7.28. The van der Waals surface area contributed by atoms with Crippen LogP contribution in [0.3, 0.4) is 0 Å². The molecule has 0 bridgehead atoms. The minimum atomic E-state index is -2.88. The van der Waals surface area contributed by atoms with Crippen molar-refractivity contribution >= 4 is 58.6 Å². The third-order valence-corrected chi connectivity index (χ3v) is 13.7. The quantitative estimate of drug-likeness (QED) is 0.193. The first-order chi connectivity index (χ1) is 16.9. The van der Waals surface area contributed by atoms with Gasteiger partial charge in [0.15, 0.2) is 0 Å². The average molecular weight is 605 g/mol. The molecule has 1 nitrogen and oxygen atoms in total. The Kier molecular flexibility index (Phi) is 12.4. The van der Waals surface area contributed by atoms with E-state index >= 15 is 0 Å². The average Bonchev–Trinajstić information content (AvgIpc) is 3.38. The fraction of sp³-hybridized carbons (Fsp3) is 0.241. The number of benzene rings is 3. The molecule has 0 spiro atoms. The first kappa shape index (κ1) is 31.3. The van der Waals surface area contributed by atoms with Crippen molar-refractivity contribution in [3.8, 4) is 0 Å². The summed E-state index contributed by atoms with van der Waals surface area (Å²) in [4.78, 5) is 11.6. The number of hydrogen-bond acceptors (Lipinski definition) is 1. The SMILES string of the molecule is C[Si](C)(C)C1=[C-]C([Si](C)(C)C)=CC1.O[Si](c1ccccc1)(c1ccccc1)c1ccccc1.[Cl][Ti][Cl]. The Bertz CT molecular complexity index is 1030. The number of allylic oxidation sites excluding steroid dienone is 4. The van der Waals surface area contributed by atoms with Gasteiger partial charge in [0, 0.05) is 8.07 Å². The molecule has 0 atom stereocenters. The molecule has 1 aliphatic carbocycles. The fourth-order valence-corrected chi connectivity index (χ4v) is 9.61. The number of rotatable bonds is 5. The molecule has 0 saturated carbocycles. The van der Waals surface area contributed by atoms with Crippen molar-refractivity contribution in [2.75, 3.05) is 0 Å². The molecule has 3 aromatic rings. The van der Waals surface area contributed by atoms with E-state index < -0.39 is 41.5 Å². The monoisotopic (exact) mass is 603 g/mol. The van der Waals surface area contributed by atoms with Crippen LogP contribution in [-0.4, -0.2) is 29.3 Å². The van der Waals surface area contributed by atoms with Gasteiger partial charge in [-0.15, -0.1) is 6.42 Å². The summed E-state index contributed by atoms with van der Waals surface area (Å²) in [7, 11) is 4.74. The Balaban J connectivity index is 0.000000247. The van der Waals surface area contributed by atoms with Crippen molar-refractivity contribution in [2.24, 2.45) is 0 Å². The van der Waals surface area contributed by atoms with E-state index in [0.717, 1.165) is 15.6 Å². The summed E-state index contributed by atoms with van der Waals surface area (Å²) in [5.41, 5.74) is 0. The van der Waals surface area contributed by atoms with Gasteiger partial charge in [0.2, 0.25) is 0 Å². The van der Waals surface area contributed by atoms with Gasteiger partial charge in [-0.2, -0.15) is 5.20 Å². The van der Waals surface area contributed by atoms with Crippen LogP contribution in [0.2, 0.25) is 39.3 Å². The van der Waals surface area contributed by atoms with Gasteiger partial charge in [-0.25, -0.2) is 11.3 Å². The van der Waals surface area contributed by atoms with Crippen molar-refractivity contribution < 1.29 is 21.8 Å². The van der Waals surface area contributed by atoms with E-state index in [9.17, 15) is 4.80 Å². The van der Waals surface area contributed by atoms with Crippen molar-refractivity contribution in [3.05, 3.63) is 114 Å². The second-order valence-electron chi connectivity index (χ2n) is 10.8. The molecule has 0 amide bonds. The second kappa shape index (κ2) is 14.3. The standard InChI is InChI=1S/C18H16OSi.C11H21Si2.2ClH.Ti/c19-20(16-10-4-1-5-11-16,17-12-6-2-7-13-17)18-14-8-3-9-15-18;1-12(2,3)10-7-8-11(9-10)13(4,5)6;;;/h1-15,19H;7H,8H2,1-6H3;2*1H;/q;-1;;;+2/p-2. The van der Waals surface area contributed by atoms with Crippen LogP contribution in [0, 0.1) is 6.08 Å². The molecule has 190 valence electrons. The van der Waals surface area contributed by atoms with Gasteiger partial charge in [0.25, 0.3) is 8.32 Å². The molecule has 3 aromatic carbocycles. The fourth-order valence-electron chi connectivity index (χ4n) is 3.99. The van der Waals surface area contributed by atoms with E-state index in [1.54, 1.807) is 10.4 Å². The van der Waals surface area contributed by atoms with Crippen LogP contribution in [-0.2, 0) is 17.0 Å². The summed E-state index contributed by atoms with van der Waals surface area (Å²) in [5, 5.41) is 6.20. The summed E-state index contributed by atoms with van der Waals surface area (Å²) in [6.45, 7) is 14.4. The maximum absolute atomic E-state index is 11.6. The Morgan fingerprint density at radius 3 is 1.19 bits per heavy atom. The van der Waals surface area contributed by atoms with Gasteiger partial charge < -0.3 is 4.80 Å². The Morgan fingerprint density at radius 2 is 0.972 bits per heavy atom. The molecule has 36 heavy (non-hydrogen) atoms. The van der Waals surface area contributed by atoms with E-state index in [4.69, 9.17) is 18.6 Å². The first-order valence-electron chi connectivity index (χ1n) is 12.1. The van der Waals surface area contributed by atoms with Crippen LogP contribution in [0.4, 0.5) is 0 Å². The Morgan fingerprint density at radius 1 is 0.639 bits per heavy atom. The van der Waals surface area contributed by atoms with Gasteiger partial charge in [0.1, 0.15) is 0 Å². The van der Waals surface area contributed by atoms with Gasteiger partial charge in [0.05, 0.1) is 8.07 Å². The molecule has 0 radical (unpaired) electrons. The maximum atomic E-state index is 11.6. The second-order valence-corrected chi connectivity index (χ2v) is 26.7. The first-order valence-corrected chi connectivity index (χ1v) is 25.4. The molecular weight excluding hydrogens is 567 g/mol. The molecule has 1 aliphatic rings. The van der Waals surface area contributed by atoms with E-state index in [1.165, 1.54) is 6.42 Å². The summed E-state index contributed by atoms with van der Waals surface area (Å²) in [5.74, 6) is 0. The van der Waals surface area contributed by atoms with Crippen LogP contribution >= 0.6 is 18.6 Å². The minimum absolute atomic E-state index is 0.556. The zero-order valence-electron chi connectivity index (χ0n) is 22.1. The van der Waals surface area contributed by atoms with Crippen LogP contribution < -0.4 is 15.6 Å². The third-order valence-electron chi connectivity index (χ3n) is 6.08. The third kappa shape index (κ3) is 8.81. The van der Waals surface area contributed by atoms with E-state index in [0.29, 0.717) is 0 Å². The molecule has 0 heterocycles. The van der Waals surface area contributed by atoms with E-state index in [-0.39, 0.29) is 0 Å². The molecule has 0 saturated heterocycles. The van der Waals surface area contributed by atoms with Crippen molar-refractivity contribution in [3.63, 3.8) is 0 Å². The molecule has 0 aliphatic heterocycles. The molecule has 0 fully saturated rings. The predicted octanol–water partition coefficient (Wildman–Crippen LogP) is 6.82. The molecule has 0 unspecified atom stereocenters. The van der Waals surface area contributed by atoms with E-state index in [1.807, 2.05) is 91.0 Å². The molecule has 0 aromatic heterocycles.